The van der Waals surface area contributed by atoms with Gasteiger partial charge in [0.1, 0.15) is 0 Å². The third-order valence-corrected chi connectivity index (χ3v) is 4.83. The zero-order chi connectivity index (χ0) is 15.7. The van der Waals surface area contributed by atoms with Gasteiger partial charge >= 0.3 is 5.97 Å². The van der Waals surface area contributed by atoms with Gasteiger partial charge in [-0.25, -0.2) is 0 Å². The molecule has 0 aromatic heterocycles. The predicted molar refractivity (Wildman–Crippen MR) is 83.0 cm³/mol. The lowest BCUT2D eigenvalue weighted by molar-refractivity contribution is -0.143. The molecule has 118 valence electrons. The van der Waals surface area contributed by atoms with Gasteiger partial charge in [0.2, 0.25) is 5.91 Å². The van der Waals surface area contributed by atoms with E-state index in [1.54, 1.807) is 11.8 Å². The van der Waals surface area contributed by atoms with E-state index >= 15 is 0 Å². The molecule has 0 heterocycles. The maximum absolute atomic E-state index is 12.7. The number of rotatable bonds is 7. The van der Waals surface area contributed by atoms with E-state index in [1.165, 1.54) is 12.8 Å². The van der Waals surface area contributed by atoms with Crippen LogP contribution in [-0.2, 0) is 16.1 Å². The minimum absolute atomic E-state index is 0.136. The van der Waals surface area contributed by atoms with E-state index in [1.807, 2.05) is 30.3 Å². The predicted octanol–water partition coefficient (Wildman–Crippen LogP) is 2.78. The van der Waals surface area contributed by atoms with Crippen molar-refractivity contribution < 1.29 is 14.7 Å². The standard InChI is InChI=1S/C18H23NO3/c1-12(18(21)22)10-19(11-13-5-3-2-4-6-13)17(20)16-9-15(16)14-7-8-14/h2-6,12,14-16H,7-11H2,1H3,(H,21,22)/t12-,15-,16+/m1/s1. The average Bonchev–Trinajstić information content (AvgIpc) is 3.38. The molecule has 1 amide bonds. The third-order valence-electron chi connectivity index (χ3n) is 4.83. The molecule has 3 rings (SSSR count). The van der Waals surface area contributed by atoms with Crippen LogP contribution < -0.4 is 0 Å². The second kappa shape index (κ2) is 6.11. The second-order valence-corrected chi connectivity index (χ2v) is 6.79. The first-order chi connectivity index (χ1) is 10.6. The molecule has 2 aliphatic rings. The maximum atomic E-state index is 12.7. The van der Waals surface area contributed by atoms with E-state index in [4.69, 9.17) is 5.11 Å². The molecule has 0 radical (unpaired) electrons. The Morgan fingerprint density at radius 1 is 1.27 bits per heavy atom. The summed E-state index contributed by atoms with van der Waals surface area (Å²) >= 11 is 0. The summed E-state index contributed by atoms with van der Waals surface area (Å²) in [6, 6.07) is 9.80. The van der Waals surface area contributed by atoms with Crippen molar-refractivity contribution in [2.75, 3.05) is 6.54 Å². The van der Waals surface area contributed by atoms with E-state index in [0.29, 0.717) is 12.5 Å². The van der Waals surface area contributed by atoms with Crippen LogP contribution in [0.1, 0.15) is 31.7 Å². The normalized spacial score (nSPS) is 24.6. The first-order valence-electron chi connectivity index (χ1n) is 8.11. The number of amides is 1. The van der Waals surface area contributed by atoms with Crippen LogP contribution in [0.15, 0.2) is 30.3 Å². The Morgan fingerprint density at radius 2 is 1.95 bits per heavy atom. The fourth-order valence-electron chi connectivity index (χ4n) is 3.22. The fraction of sp³-hybridized carbons (Fsp3) is 0.556. The van der Waals surface area contributed by atoms with Crippen LogP contribution in [0.3, 0.4) is 0 Å². The first kappa shape index (κ1) is 15.1. The maximum Gasteiger partial charge on any atom is 0.308 e. The smallest absolute Gasteiger partial charge is 0.308 e. The molecule has 2 aliphatic carbocycles. The van der Waals surface area contributed by atoms with Gasteiger partial charge < -0.3 is 10.0 Å². The lowest BCUT2D eigenvalue weighted by atomic mass is 10.1. The second-order valence-electron chi connectivity index (χ2n) is 6.79. The number of aliphatic carboxylic acids is 1. The van der Waals surface area contributed by atoms with Gasteiger partial charge in [-0.15, -0.1) is 0 Å². The minimum Gasteiger partial charge on any atom is -0.481 e. The molecule has 4 heteroatoms. The van der Waals surface area contributed by atoms with E-state index in [9.17, 15) is 9.59 Å². The Balaban J connectivity index is 1.67. The summed E-state index contributed by atoms with van der Waals surface area (Å²) in [5.41, 5.74) is 1.05. The van der Waals surface area contributed by atoms with Crippen LogP contribution in [0.5, 0.6) is 0 Å². The highest BCUT2D eigenvalue weighted by Gasteiger charge is 2.52. The van der Waals surface area contributed by atoms with Crippen molar-refractivity contribution in [3.05, 3.63) is 35.9 Å². The van der Waals surface area contributed by atoms with Crippen molar-refractivity contribution in [3.8, 4) is 0 Å². The molecule has 0 saturated heterocycles. The van der Waals surface area contributed by atoms with Gasteiger partial charge in [0, 0.05) is 19.0 Å². The Morgan fingerprint density at radius 3 is 2.55 bits per heavy atom. The summed E-state index contributed by atoms with van der Waals surface area (Å²) in [6.07, 6.45) is 3.52. The fourth-order valence-corrected chi connectivity index (χ4v) is 3.22. The highest BCUT2D eigenvalue weighted by molar-refractivity contribution is 5.82. The lowest BCUT2D eigenvalue weighted by Gasteiger charge is -2.25. The molecule has 3 atom stereocenters. The molecular weight excluding hydrogens is 278 g/mol. The molecule has 1 N–H and O–H groups in total. The van der Waals surface area contributed by atoms with Gasteiger partial charge in [-0.3, -0.25) is 9.59 Å². The number of carbonyl (C=O) groups excluding carboxylic acids is 1. The molecule has 2 saturated carbocycles. The monoisotopic (exact) mass is 301 g/mol. The number of carboxylic acids is 1. The van der Waals surface area contributed by atoms with Crippen LogP contribution in [0.2, 0.25) is 0 Å². The van der Waals surface area contributed by atoms with Gasteiger partial charge in [0.05, 0.1) is 5.92 Å². The summed E-state index contributed by atoms with van der Waals surface area (Å²) in [5, 5.41) is 9.15. The summed E-state index contributed by atoms with van der Waals surface area (Å²) in [6.45, 7) is 2.46. The summed E-state index contributed by atoms with van der Waals surface area (Å²) in [4.78, 5) is 25.6. The number of benzene rings is 1. The van der Waals surface area contributed by atoms with Crippen LogP contribution in [0.25, 0.3) is 0 Å². The Hall–Kier alpha value is -1.84. The number of hydrogen-bond acceptors (Lipinski definition) is 2. The van der Waals surface area contributed by atoms with Gasteiger partial charge in [-0.2, -0.15) is 0 Å². The van der Waals surface area contributed by atoms with Crippen LogP contribution in [-0.4, -0.2) is 28.4 Å². The highest BCUT2D eigenvalue weighted by Crippen LogP contribution is 2.55. The van der Waals surface area contributed by atoms with Crippen molar-refractivity contribution in [3.63, 3.8) is 0 Å². The molecule has 0 unspecified atom stereocenters. The zero-order valence-electron chi connectivity index (χ0n) is 12.9. The molecule has 1 aromatic carbocycles. The Labute approximate surface area is 131 Å². The lowest BCUT2D eigenvalue weighted by Crippen LogP contribution is -2.37. The van der Waals surface area contributed by atoms with Crippen LogP contribution in [0, 0.1) is 23.7 Å². The van der Waals surface area contributed by atoms with Gasteiger partial charge in [-0.05, 0) is 36.7 Å². The van der Waals surface area contributed by atoms with Crippen molar-refractivity contribution in [2.24, 2.45) is 23.7 Å². The molecule has 4 nitrogen and oxygen atoms in total. The van der Waals surface area contributed by atoms with Crippen molar-refractivity contribution >= 4 is 11.9 Å². The van der Waals surface area contributed by atoms with Gasteiger partial charge in [-0.1, -0.05) is 37.3 Å². The Bertz CT molecular complexity index is 553. The average molecular weight is 301 g/mol. The number of carboxylic acid groups (broad SMARTS) is 1. The van der Waals surface area contributed by atoms with Crippen molar-refractivity contribution in [1.82, 2.24) is 4.90 Å². The van der Waals surface area contributed by atoms with E-state index in [0.717, 1.165) is 17.9 Å². The molecule has 0 spiro atoms. The molecule has 1 aromatic rings. The molecule has 22 heavy (non-hydrogen) atoms. The highest BCUT2D eigenvalue weighted by atomic mass is 16.4. The van der Waals surface area contributed by atoms with E-state index in [-0.39, 0.29) is 18.4 Å². The van der Waals surface area contributed by atoms with E-state index < -0.39 is 11.9 Å². The van der Waals surface area contributed by atoms with Gasteiger partial charge in [0.25, 0.3) is 0 Å². The largest absolute Gasteiger partial charge is 0.481 e. The minimum atomic E-state index is -0.847. The number of carbonyl (C=O) groups is 2. The number of hydrogen-bond donors (Lipinski definition) is 1. The third kappa shape index (κ3) is 3.49. The van der Waals surface area contributed by atoms with Crippen LogP contribution >= 0.6 is 0 Å². The topological polar surface area (TPSA) is 57.6 Å². The summed E-state index contributed by atoms with van der Waals surface area (Å²) in [5.74, 6) is 0.215. The molecule has 0 aliphatic heterocycles. The van der Waals surface area contributed by atoms with E-state index in [2.05, 4.69) is 0 Å². The van der Waals surface area contributed by atoms with Crippen molar-refractivity contribution in [1.29, 1.82) is 0 Å². The Kier molecular flexibility index (Phi) is 4.19. The first-order valence-corrected chi connectivity index (χ1v) is 8.11. The van der Waals surface area contributed by atoms with Gasteiger partial charge in [0.15, 0.2) is 0 Å². The molecule has 0 bridgehead atoms. The quantitative estimate of drug-likeness (QED) is 0.842. The zero-order valence-corrected chi connectivity index (χ0v) is 12.9. The molecule has 2 fully saturated rings. The SMILES string of the molecule is C[C@H](CN(Cc1ccccc1)C(=O)[C@H]1C[C@@H]1C1CC1)C(=O)O. The van der Waals surface area contributed by atoms with Crippen LogP contribution in [0.4, 0.5) is 0 Å². The number of nitrogens with zero attached hydrogens (tertiary/aromatic N) is 1. The molecular formula is C18H23NO3. The van der Waals surface area contributed by atoms with Crippen molar-refractivity contribution in [2.45, 2.75) is 32.7 Å². The summed E-state index contributed by atoms with van der Waals surface area (Å²) < 4.78 is 0. The summed E-state index contributed by atoms with van der Waals surface area (Å²) in [7, 11) is 0.